The Kier molecular flexibility index (Phi) is 6.39. The molecule has 0 spiro atoms. The number of nitrogens with one attached hydrogen (secondary N) is 2. The molecule has 0 radical (unpaired) electrons. The fraction of sp³-hybridized carbons (Fsp3) is 0.125. The molecule has 3 aromatic carbocycles. The van der Waals surface area contributed by atoms with E-state index in [0.29, 0.717) is 18.7 Å². The van der Waals surface area contributed by atoms with Crippen molar-refractivity contribution in [3.8, 4) is 0 Å². The SMILES string of the molecule is O=C(Nc1cc(C(F)(F)F)ccc1NCCc1ccccc1)c1sc2ccccc2c1Cl. The highest BCUT2D eigenvalue weighted by atomic mass is 35.5. The van der Waals surface area contributed by atoms with E-state index in [-0.39, 0.29) is 15.6 Å². The zero-order valence-electron chi connectivity index (χ0n) is 16.7. The number of hydrogen-bond donors (Lipinski definition) is 2. The maximum Gasteiger partial charge on any atom is 0.416 e. The zero-order valence-corrected chi connectivity index (χ0v) is 18.2. The van der Waals surface area contributed by atoms with E-state index < -0.39 is 17.6 Å². The first kappa shape index (κ1) is 22.2. The number of halogens is 4. The maximum absolute atomic E-state index is 13.3. The highest BCUT2D eigenvalue weighted by Gasteiger charge is 2.31. The summed E-state index contributed by atoms with van der Waals surface area (Å²) in [7, 11) is 0. The fourth-order valence-corrected chi connectivity index (χ4v) is 4.72. The predicted octanol–water partition coefficient (Wildman–Crippen LogP) is 7.48. The molecule has 0 aliphatic rings. The number of carbonyl (C=O) groups is 1. The number of thiophene rings is 1. The monoisotopic (exact) mass is 474 g/mol. The van der Waals surface area contributed by atoms with Crippen LogP contribution in [0.4, 0.5) is 24.5 Å². The lowest BCUT2D eigenvalue weighted by Crippen LogP contribution is -2.15. The molecule has 1 heterocycles. The van der Waals surface area contributed by atoms with Gasteiger partial charge in [-0.1, -0.05) is 60.1 Å². The van der Waals surface area contributed by atoms with Gasteiger partial charge in [0, 0.05) is 16.6 Å². The van der Waals surface area contributed by atoms with Gasteiger partial charge in [0.1, 0.15) is 4.88 Å². The summed E-state index contributed by atoms with van der Waals surface area (Å²) in [4.78, 5) is 13.2. The Balaban J connectivity index is 1.59. The van der Waals surface area contributed by atoms with Crippen LogP contribution in [0, 0.1) is 0 Å². The molecule has 8 heteroatoms. The van der Waals surface area contributed by atoms with Gasteiger partial charge in [0.05, 0.1) is 22.0 Å². The predicted molar refractivity (Wildman–Crippen MR) is 125 cm³/mol. The Morgan fingerprint density at radius 3 is 2.38 bits per heavy atom. The number of anilines is 2. The molecular weight excluding hydrogens is 457 g/mol. The van der Waals surface area contributed by atoms with Crippen molar-refractivity contribution >= 4 is 50.3 Å². The van der Waals surface area contributed by atoms with Gasteiger partial charge < -0.3 is 10.6 Å². The van der Waals surface area contributed by atoms with Gasteiger partial charge in [0.15, 0.2) is 0 Å². The summed E-state index contributed by atoms with van der Waals surface area (Å²) in [5.74, 6) is -0.554. The number of rotatable bonds is 6. The van der Waals surface area contributed by atoms with Crippen molar-refractivity contribution in [3.05, 3.63) is 93.8 Å². The van der Waals surface area contributed by atoms with Crippen LogP contribution >= 0.6 is 22.9 Å². The first-order valence-corrected chi connectivity index (χ1v) is 11.0. The summed E-state index contributed by atoms with van der Waals surface area (Å²) in [6.45, 7) is 0.488. The van der Waals surface area contributed by atoms with Crippen LogP contribution in [0.3, 0.4) is 0 Å². The van der Waals surface area contributed by atoms with E-state index in [1.807, 2.05) is 48.5 Å². The van der Waals surface area contributed by atoms with Gasteiger partial charge in [0.2, 0.25) is 0 Å². The molecule has 0 aliphatic heterocycles. The quantitative estimate of drug-likeness (QED) is 0.304. The Hall–Kier alpha value is -3.03. The lowest BCUT2D eigenvalue weighted by molar-refractivity contribution is -0.137. The van der Waals surface area contributed by atoms with Gasteiger partial charge in [-0.2, -0.15) is 13.2 Å². The maximum atomic E-state index is 13.3. The summed E-state index contributed by atoms with van der Waals surface area (Å²) >= 11 is 7.56. The number of benzene rings is 3. The third-order valence-corrected chi connectivity index (χ3v) is 6.58. The average molecular weight is 475 g/mol. The van der Waals surface area contributed by atoms with Gasteiger partial charge in [-0.25, -0.2) is 0 Å². The third-order valence-electron chi connectivity index (χ3n) is 4.91. The van der Waals surface area contributed by atoms with Crippen molar-refractivity contribution in [2.45, 2.75) is 12.6 Å². The van der Waals surface area contributed by atoms with Crippen molar-refractivity contribution in [1.82, 2.24) is 0 Å². The van der Waals surface area contributed by atoms with Crippen LogP contribution in [0.15, 0.2) is 72.8 Å². The first-order chi connectivity index (χ1) is 15.3. The number of amides is 1. The standard InChI is InChI=1S/C24H18ClF3N2OS/c25-21-17-8-4-5-9-20(17)32-22(21)23(31)30-19-14-16(24(26,27)28)10-11-18(19)29-13-12-15-6-2-1-3-7-15/h1-11,14,29H,12-13H2,(H,30,31). The average Bonchev–Trinajstić information content (AvgIpc) is 3.11. The smallest absolute Gasteiger partial charge is 0.383 e. The van der Waals surface area contributed by atoms with Gasteiger partial charge >= 0.3 is 6.18 Å². The molecule has 164 valence electrons. The van der Waals surface area contributed by atoms with Crippen molar-refractivity contribution in [3.63, 3.8) is 0 Å². The second-order valence-electron chi connectivity index (χ2n) is 7.12. The molecule has 0 saturated carbocycles. The molecular formula is C24H18ClF3N2OS. The summed E-state index contributed by atoms with van der Waals surface area (Å²) in [6, 6.07) is 20.2. The lowest BCUT2D eigenvalue weighted by Gasteiger charge is -2.16. The minimum atomic E-state index is -4.53. The minimum Gasteiger partial charge on any atom is -0.383 e. The van der Waals surface area contributed by atoms with Crippen molar-refractivity contribution < 1.29 is 18.0 Å². The van der Waals surface area contributed by atoms with E-state index >= 15 is 0 Å². The van der Waals surface area contributed by atoms with Gasteiger partial charge in [-0.3, -0.25) is 4.79 Å². The van der Waals surface area contributed by atoms with E-state index in [4.69, 9.17) is 11.6 Å². The van der Waals surface area contributed by atoms with E-state index in [9.17, 15) is 18.0 Å². The number of hydrogen-bond acceptors (Lipinski definition) is 3. The second-order valence-corrected chi connectivity index (χ2v) is 8.55. The minimum absolute atomic E-state index is 0.0476. The topological polar surface area (TPSA) is 41.1 Å². The molecule has 1 aromatic heterocycles. The molecule has 0 saturated heterocycles. The van der Waals surface area contributed by atoms with Gasteiger partial charge in [-0.15, -0.1) is 11.3 Å². The van der Waals surface area contributed by atoms with E-state index in [2.05, 4.69) is 10.6 Å². The van der Waals surface area contributed by atoms with Crippen molar-refractivity contribution in [2.75, 3.05) is 17.2 Å². The zero-order chi connectivity index (χ0) is 22.7. The summed E-state index contributed by atoms with van der Waals surface area (Å²) in [6.07, 6.45) is -3.85. The van der Waals surface area contributed by atoms with Crippen LogP contribution in [-0.4, -0.2) is 12.5 Å². The molecule has 0 atom stereocenters. The molecule has 1 amide bonds. The Morgan fingerprint density at radius 1 is 0.938 bits per heavy atom. The van der Waals surface area contributed by atoms with Crippen LogP contribution in [0.1, 0.15) is 20.8 Å². The normalized spacial score (nSPS) is 11.5. The summed E-state index contributed by atoms with van der Waals surface area (Å²) in [5.41, 5.74) is 0.698. The van der Waals surface area contributed by atoms with E-state index in [1.165, 1.54) is 17.4 Å². The van der Waals surface area contributed by atoms with Crippen molar-refractivity contribution in [1.29, 1.82) is 0 Å². The number of carbonyl (C=O) groups excluding carboxylic acids is 1. The first-order valence-electron chi connectivity index (χ1n) is 9.80. The molecule has 3 nitrogen and oxygen atoms in total. The summed E-state index contributed by atoms with van der Waals surface area (Å²) < 4.78 is 40.7. The molecule has 2 N–H and O–H groups in total. The number of alkyl halides is 3. The Labute approximate surface area is 191 Å². The molecule has 4 rings (SSSR count). The largest absolute Gasteiger partial charge is 0.416 e. The third kappa shape index (κ3) is 4.89. The Bertz CT molecular complexity index is 1260. The highest BCUT2D eigenvalue weighted by Crippen LogP contribution is 2.37. The molecule has 0 fully saturated rings. The van der Waals surface area contributed by atoms with Crippen LogP contribution in [0.5, 0.6) is 0 Å². The molecule has 4 aromatic rings. The van der Waals surface area contributed by atoms with Crippen LogP contribution in [0.2, 0.25) is 5.02 Å². The van der Waals surface area contributed by atoms with Crippen LogP contribution in [0.25, 0.3) is 10.1 Å². The van der Waals surface area contributed by atoms with Crippen LogP contribution in [-0.2, 0) is 12.6 Å². The van der Waals surface area contributed by atoms with Crippen molar-refractivity contribution in [2.24, 2.45) is 0 Å². The Morgan fingerprint density at radius 2 is 1.66 bits per heavy atom. The van der Waals surface area contributed by atoms with E-state index in [0.717, 1.165) is 27.8 Å². The van der Waals surface area contributed by atoms with Gasteiger partial charge in [0.25, 0.3) is 5.91 Å². The molecule has 32 heavy (non-hydrogen) atoms. The van der Waals surface area contributed by atoms with E-state index in [1.54, 1.807) is 6.07 Å². The molecule has 0 unspecified atom stereocenters. The second kappa shape index (κ2) is 9.22. The lowest BCUT2D eigenvalue weighted by atomic mass is 10.1. The van der Waals surface area contributed by atoms with Crippen LogP contribution < -0.4 is 10.6 Å². The molecule has 0 aliphatic carbocycles. The fourth-order valence-electron chi connectivity index (χ4n) is 3.30. The number of fused-ring (bicyclic) bond motifs is 1. The van der Waals surface area contributed by atoms with Gasteiger partial charge in [-0.05, 0) is 36.2 Å². The highest BCUT2D eigenvalue weighted by molar-refractivity contribution is 7.21. The summed E-state index contributed by atoms with van der Waals surface area (Å²) in [5, 5.41) is 6.76. The molecule has 0 bridgehead atoms.